The van der Waals surface area contributed by atoms with Crippen LogP contribution in [0.1, 0.15) is 44.4 Å². The van der Waals surface area contributed by atoms with Crippen molar-refractivity contribution < 1.29 is 14.3 Å². The summed E-state index contributed by atoms with van der Waals surface area (Å²) in [7, 11) is 0. The number of amides is 2. The summed E-state index contributed by atoms with van der Waals surface area (Å²) in [6, 6.07) is 9.63. The number of fused-ring (bicyclic) bond motifs is 1. The second-order valence-electron chi connectivity index (χ2n) is 6.43. The molecule has 0 aliphatic heterocycles. The number of carbonyl (C=O) groups is 1. The SMILES string of the molecule is C[C@H](NC(=O)NC1CCC(CO)CC1)c1cc2ccccc2o1. The molecule has 1 saturated carbocycles. The molecular formula is C18H24N2O3. The van der Waals surface area contributed by atoms with E-state index in [0.717, 1.165) is 42.4 Å². The Bertz CT molecular complexity index is 626. The highest BCUT2D eigenvalue weighted by molar-refractivity contribution is 5.78. The van der Waals surface area contributed by atoms with Gasteiger partial charge in [0.15, 0.2) is 0 Å². The van der Waals surface area contributed by atoms with Crippen LogP contribution in [0.25, 0.3) is 11.0 Å². The molecule has 1 atom stereocenters. The van der Waals surface area contributed by atoms with Crippen molar-refractivity contribution in [1.82, 2.24) is 10.6 Å². The Labute approximate surface area is 136 Å². The number of hydrogen-bond donors (Lipinski definition) is 3. The maximum atomic E-state index is 12.1. The van der Waals surface area contributed by atoms with Crippen molar-refractivity contribution >= 4 is 17.0 Å². The molecule has 0 bridgehead atoms. The van der Waals surface area contributed by atoms with Gasteiger partial charge in [0, 0.05) is 18.0 Å². The molecule has 1 aliphatic carbocycles. The maximum absolute atomic E-state index is 12.1. The number of aliphatic hydroxyl groups is 1. The van der Waals surface area contributed by atoms with Crippen LogP contribution in [-0.2, 0) is 0 Å². The van der Waals surface area contributed by atoms with Crippen molar-refractivity contribution in [2.45, 2.75) is 44.7 Å². The minimum atomic E-state index is -0.184. The van der Waals surface area contributed by atoms with Crippen molar-refractivity contribution in [3.63, 3.8) is 0 Å². The molecule has 0 spiro atoms. The van der Waals surface area contributed by atoms with Gasteiger partial charge in [-0.15, -0.1) is 0 Å². The lowest BCUT2D eigenvalue weighted by Crippen LogP contribution is -2.44. The van der Waals surface area contributed by atoms with Crippen LogP contribution in [-0.4, -0.2) is 23.8 Å². The molecule has 2 aromatic rings. The van der Waals surface area contributed by atoms with Crippen LogP contribution in [0, 0.1) is 5.92 Å². The van der Waals surface area contributed by atoms with E-state index in [0.29, 0.717) is 5.92 Å². The first-order valence-corrected chi connectivity index (χ1v) is 8.32. The Morgan fingerprint density at radius 3 is 2.74 bits per heavy atom. The third kappa shape index (κ3) is 3.85. The lowest BCUT2D eigenvalue weighted by molar-refractivity contribution is 0.174. The number of benzene rings is 1. The molecule has 1 fully saturated rings. The molecule has 23 heavy (non-hydrogen) atoms. The third-order valence-corrected chi connectivity index (χ3v) is 4.66. The standard InChI is InChI=1S/C18H24N2O3/c1-12(17-10-14-4-2-3-5-16(14)23-17)19-18(22)20-15-8-6-13(11-21)7-9-15/h2-5,10,12-13,15,21H,6-9,11H2,1H3,(H2,19,20,22)/t12-,13?,15?/m0/s1. The van der Waals surface area contributed by atoms with Crippen LogP contribution >= 0.6 is 0 Å². The van der Waals surface area contributed by atoms with Gasteiger partial charge in [-0.2, -0.15) is 0 Å². The van der Waals surface area contributed by atoms with E-state index in [1.54, 1.807) is 0 Å². The highest BCUT2D eigenvalue weighted by atomic mass is 16.3. The van der Waals surface area contributed by atoms with Crippen molar-refractivity contribution in [2.24, 2.45) is 5.92 Å². The summed E-state index contributed by atoms with van der Waals surface area (Å²) in [5.41, 5.74) is 0.832. The zero-order valence-electron chi connectivity index (χ0n) is 13.4. The van der Waals surface area contributed by atoms with Gasteiger partial charge in [-0.05, 0) is 50.7 Å². The molecule has 1 aliphatic rings. The smallest absolute Gasteiger partial charge is 0.315 e. The number of hydrogen-bond acceptors (Lipinski definition) is 3. The number of para-hydroxylation sites is 1. The number of urea groups is 1. The summed E-state index contributed by atoms with van der Waals surface area (Å²) in [6.45, 7) is 2.17. The summed E-state index contributed by atoms with van der Waals surface area (Å²) in [6.07, 6.45) is 3.80. The average Bonchev–Trinajstić information content (AvgIpc) is 2.99. The Hall–Kier alpha value is -2.01. The lowest BCUT2D eigenvalue weighted by atomic mass is 9.87. The third-order valence-electron chi connectivity index (χ3n) is 4.66. The molecule has 5 nitrogen and oxygen atoms in total. The zero-order valence-corrected chi connectivity index (χ0v) is 13.4. The lowest BCUT2D eigenvalue weighted by Gasteiger charge is -2.28. The molecule has 5 heteroatoms. The largest absolute Gasteiger partial charge is 0.459 e. The van der Waals surface area contributed by atoms with Crippen LogP contribution in [0.4, 0.5) is 4.79 Å². The number of furan rings is 1. The summed E-state index contributed by atoms with van der Waals surface area (Å²) in [5.74, 6) is 1.15. The average molecular weight is 316 g/mol. The molecule has 1 aromatic carbocycles. The number of aliphatic hydroxyl groups excluding tert-OH is 1. The van der Waals surface area contributed by atoms with Gasteiger partial charge >= 0.3 is 6.03 Å². The predicted octanol–water partition coefficient (Wildman–Crippen LogP) is 3.34. The monoisotopic (exact) mass is 316 g/mol. The van der Waals surface area contributed by atoms with Gasteiger partial charge in [0.1, 0.15) is 11.3 Å². The van der Waals surface area contributed by atoms with Crippen LogP contribution in [0.5, 0.6) is 0 Å². The summed E-state index contributed by atoms with van der Waals surface area (Å²) >= 11 is 0. The van der Waals surface area contributed by atoms with Crippen molar-refractivity contribution in [3.8, 4) is 0 Å². The van der Waals surface area contributed by atoms with E-state index in [-0.39, 0.29) is 24.7 Å². The topological polar surface area (TPSA) is 74.5 Å². The van der Waals surface area contributed by atoms with Gasteiger partial charge in [0.2, 0.25) is 0 Å². The van der Waals surface area contributed by atoms with Gasteiger partial charge in [-0.1, -0.05) is 18.2 Å². The van der Waals surface area contributed by atoms with Crippen LogP contribution < -0.4 is 10.6 Å². The van der Waals surface area contributed by atoms with Gasteiger partial charge in [0.05, 0.1) is 6.04 Å². The Morgan fingerprint density at radius 1 is 1.30 bits per heavy atom. The molecular weight excluding hydrogens is 292 g/mol. The first-order valence-electron chi connectivity index (χ1n) is 8.32. The van der Waals surface area contributed by atoms with Gasteiger partial charge < -0.3 is 20.2 Å². The van der Waals surface area contributed by atoms with E-state index in [1.807, 2.05) is 37.3 Å². The first kappa shape index (κ1) is 15.9. The first-order chi connectivity index (χ1) is 11.2. The van der Waals surface area contributed by atoms with Gasteiger partial charge in [0.25, 0.3) is 0 Å². The van der Waals surface area contributed by atoms with Gasteiger partial charge in [-0.3, -0.25) is 0 Å². The highest BCUT2D eigenvalue weighted by Gasteiger charge is 2.22. The molecule has 0 unspecified atom stereocenters. The fraction of sp³-hybridized carbons (Fsp3) is 0.500. The predicted molar refractivity (Wildman–Crippen MR) is 89.1 cm³/mol. The molecule has 0 radical (unpaired) electrons. The maximum Gasteiger partial charge on any atom is 0.315 e. The van der Waals surface area contributed by atoms with Crippen molar-refractivity contribution in [2.75, 3.05) is 6.61 Å². The Morgan fingerprint density at radius 2 is 2.04 bits per heavy atom. The van der Waals surface area contributed by atoms with Crippen molar-refractivity contribution in [1.29, 1.82) is 0 Å². The van der Waals surface area contributed by atoms with Crippen LogP contribution in [0.2, 0.25) is 0 Å². The summed E-state index contributed by atoms with van der Waals surface area (Å²) in [4.78, 5) is 12.1. The van der Waals surface area contributed by atoms with E-state index in [4.69, 9.17) is 9.52 Å². The fourth-order valence-electron chi connectivity index (χ4n) is 3.20. The molecule has 3 N–H and O–H groups in total. The molecule has 1 heterocycles. The number of rotatable bonds is 4. The second kappa shape index (κ2) is 7.04. The second-order valence-corrected chi connectivity index (χ2v) is 6.43. The van der Waals surface area contributed by atoms with Crippen molar-refractivity contribution in [3.05, 3.63) is 36.1 Å². The normalized spacial score (nSPS) is 22.7. The van der Waals surface area contributed by atoms with E-state index < -0.39 is 0 Å². The number of carbonyl (C=O) groups excluding carboxylic acids is 1. The summed E-state index contributed by atoms with van der Waals surface area (Å²) in [5, 5.41) is 16.2. The molecule has 2 amide bonds. The van der Waals surface area contributed by atoms with Crippen LogP contribution in [0.3, 0.4) is 0 Å². The summed E-state index contributed by atoms with van der Waals surface area (Å²) < 4.78 is 5.78. The molecule has 0 saturated heterocycles. The van der Waals surface area contributed by atoms with Gasteiger partial charge in [-0.25, -0.2) is 4.79 Å². The van der Waals surface area contributed by atoms with E-state index in [9.17, 15) is 4.79 Å². The fourth-order valence-corrected chi connectivity index (χ4v) is 3.20. The molecule has 1 aromatic heterocycles. The highest BCUT2D eigenvalue weighted by Crippen LogP contribution is 2.25. The molecule has 124 valence electrons. The molecule has 3 rings (SSSR count). The number of nitrogens with one attached hydrogen (secondary N) is 2. The Balaban J connectivity index is 1.53. The van der Waals surface area contributed by atoms with E-state index in [1.165, 1.54) is 0 Å². The minimum absolute atomic E-state index is 0.162. The minimum Gasteiger partial charge on any atom is -0.459 e. The van der Waals surface area contributed by atoms with Crippen LogP contribution in [0.15, 0.2) is 34.7 Å². The zero-order chi connectivity index (χ0) is 16.2. The van der Waals surface area contributed by atoms with E-state index in [2.05, 4.69) is 10.6 Å². The van der Waals surface area contributed by atoms with E-state index >= 15 is 0 Å². The quantitative estimate of drug-likeness (QED) is 0.810. The Kier molecular flexibility index (Phi) is 4.86.